The van der Waals surface area contributed by atoms with Gasteiger partial charge in [-0.3, -0.25) is 0 Å². The number of nitrogens with zero attached hydrogens (tertiary/aromatic N) is 2. The fraction of sp³-hybridized carbons (Fsp3) is 0.267. The smallest absolute Gasteiger partial charge is 0.0931 e. The van der Waals surface area contributed by atoms with E-state index in [0.29, 0.717) is 0 Å². The number of rotatable bonds is 3. The molecular formula is C15H15N3. The molecule has 0 atom stereocenters. The first-order valence-corrected chi connectivity index (χ1v) is 6.47. The van der Waals surface area contributed by atoms with E-state index in [1.807, 2.05) is 0 Å². The lowest BCUT2D eigenvalue weighted by atomic mass is 10.2. The maximum absolute atomic E-state index is 4.31. The highest BCUT2D eigenvalue weighted by Gasteiger charge is 2.25. The van der Waals surface area contributed by atoms with Gasteiger partial charge in [-0.25, -0.2) is 4.98 Å². The fourth-order valence-corrected chi connectivity index (χ4v) is 2.59. The number of aromatic nitrogens is 3. The predicted octanol–water partition coefficient (Wildman–Crippen LogP) is 3.29. The molecule has 0 amide bonds. The molecule has 0 radical (unpaired) electrons. The summed E-state index contributed by atoms with van der Waals surface area (Å²) in [7, 11) is 0. The van der Waals surface area contributed by atoms with Crippen LogP contribution in [0.4, 0.5) is 0 Å². The molecule has 3 nitrogen and oxygen atoms in total. The van der Waals surface area contributed by atoms with Gasteiger partial charge in [-0.05, 0) is 48.6 Å². The largest absolute Gasteiger partial charge is 0.347 e. The van der Waals surface area contributed by atoms with Crippen LogP contribution in [0.25, 0.3) is 11.0 Å². The van der Waals surface area contributed by atoms with Crippen molar-refractivity contribution in [2.24, 2.45) is 0 Å². The number of aromatic amines is 1. The van der Waals surface area contributed by atoms with Crippen LogP contribution in [0.15, 0.2) is 42.9 Å². The average molecular weight is 237 g/mol. The van der Waals surface area contributed by atoms with Gasteiger partial charge < -0.3 is 9.55 Å². The number of benzene rings is 1. The second-order valence-corrected chi connectivity index (χ2v) is 5.09. The summed E-state index contributed by atoms with van der Waals surface area (Å²) in [6, 6.07) is 10.9. The van der Waals surface area contributed by atoms with Gasteiger partial charge in [-0.15, -0.1) is 0 Å². The number of hydrogen-bond acceptors (Lipinski definition) is 1. The summed E-state index contributed by atoms with van der Waals surface area (Å²) in [6.07, 6.45) is 6.63. The van der Waals surface area contributed by atoms with Gasteiger partial charge in [0.15, 0.2) is 0 Å². The van der Waals surface area contributed by atoms with Gasteiger partial charge in [0, 0.05) is 18.4 Å². The Kier molecular flexibility index (Phi) is 2.06. The number of hydrogen-bond donors (Lipinski definition) is 1. The van der Waals surface area contributed by atoms with Crippen molar-refractivity contribution in [3.8, 4) is 0 Å². The molecular weight excluding hydrogens is 222 g/mol. The van der Waals surface area contributed by atoms with E-state index in [1.54, 1.807) is 6.33 Å². The lowest BCUT2D eigenvalue weighted by Crippen LogP contribution is -2.01. The van der Waals surface area contributed by atoms with Gasteiger partial charge in [-0.2, -0.15) is 0 Å². The highest BCUT2D eigenvalue weighted by molar-refractivity contribution is 5.75. The minimum absolute atomic E-state index is 0.800. The van der Waals surface area contributed by atoms with E-state index in [4.69, 9.17) is 0 Å². The van der Waals surface area contributed by atoms with Gasteiger partial charge in [-0.1, -0.05) is 6.07 Å². The Labute approximate surface area is 105 Å². The number of fused-ring (bicyclic) bond motifs is 1. The van der Waals surface area contributed by atoms with Crippen LogP contribution in [0.1, 0.15) is 30.0 Å². The van der Waals surface area contributed by atoms with Gasteiger partial charge >= 0.3 is 0 Å². The monoisotopic (exact) mass is 237 g/mol. The number of H-pyrrole nitrogens is 1. The highest BCUT2D eigenvalue weighted by atomic mass is 15.0. The van der Waals surface area contributed by atoms with Crippen LogP contribution >= 0.6 is 0 Å². The van der Waals surface area contributed by atoms with Crippen molar-refractivity contribution in [2.45, 2.75) is 25.3 Å². The van der Waals surface area contributed by atoms with Gasteiger partial charge in [0.1, 0.15) is 0 Å². The Balaban J connectivity index is 1.68. The van der Waals surface area contributed by atoms with E-state index in [1.165, 1.54) is 24.1 Å². The SMILES string of the molecule is c1cc(C2CC2)n(Cc2ccc3[nH]cnc3c2)c1. The topological polar surface area (TPSA) is 33.6 Å². The molecule has 90 valence electrons. The second kappa shape index (κ2) is 3.73. The molecule has 1 aliphatic carbocycles. The molecule has 3 aromatic rings. The highest BCUT2D eigenvalue weighted by Crippen LogP contribution is 2.40. The van der Waals surface area contributed by atoms with Crippen molar-refractivity contribution in [2.75, 3.05) is 0 Å². The summed E-state index contributed by atoms with van der Waals surface area (Å²) in [6.45, 7) is 0.946. The van der Waals surface area contributed by atoms with E-state index in [9.17, 15) is 0 Å². The molecule has 18 heavy (non-hydrogen) atoms. The Hall–Kier alpha value is -2.03. The molecule has 1 aromatic carbocycles. The maximum atomic E-state index is 4.31. The van der Waals surface area contributed by atoms with E-state index in [2.05, 4.69) is 51.1 Å². The third-order valence-corrected chi connectivity index (χ3v) is 3.70. The molecule has 1 N–H and O–H groups in total. The fourth-order valence-electron chi connectivity index (χ4n) is 2.59. The molecule has 2 heterocycles. The normalized spacial score (nSPS) is 15.3. The standard InChI is InChI=1S/C15H15N3/c1-2-15(12-4-5-12)18(7-1)9-11-3-6-13-14(8-11)17-10-16-13/h1-3,6-8,10,12H,4-5,9H2,(H,16,17). The molecule has 1 aliphatic rings. The van der Waals surface area contributed by atoms with Crippen LogP contribution in [0.5, 0.6) is 0 Å². The van der Waals surface area contributed by atoms with Gasteiger partial charge in [0.2, 0.25) is 0 Å². The van der Waals surface area contributed by atoms with Crippen LogP contribution in [-0.4, -0.2) is 14.5 Å². The van der Waals surface area contributed by atoms with Crippen molar-refractivity contribution < 1.29 is 0 Å². The Morgan fingerprint density at radius 3 is 3.11 bits per heavy atom. The first-order valence-electron chi connectivity index (χ1n) is 6.47. The summed E-state index contributed by atoms with van der Waals surface area (Å²) in [5, 5.41) is 0. The average Bonchev–Trinajstić information content (AvgIpc) is 2.95. The zero-order chi connectivity index (χ0) is 11.9. The lowest BCUT2D eigenvalue weighted by molar-refractivity contribution is 0.747. The van der Waals surface area contributed by atoms with E-state index in [0.717, 1.165) is 23.5 Å². The Morgan fingerprint density at radius 1 is 1.28 bits per heavy atom. The van der Waals surface area contributed by atoms with Crippen molar-refractivity contribution >= 4 is 11.0 Å². The molecule has 3 heteroatoms. The minimum atomic E-state index is 0.800. The molecule has 0 unspecified atom stereocenters. The van der Waals surface area contributed by atoms with Crippen molar-refractivity contribution in [1.82, 2.24) is 14.5 Å². The van der Waals surface area contributed by atoms with Crippen molar-refractivity contribution in [1.29, 1.82) is 0 Å². The summed E-state index contributed by atoms with van der Waals surface area (Å²) < 4.78 is 2.37. The molecule has 0 spiro atoms. The first kappa shape index (κ1) is 9.95. The quantitative estimate of drug-likeness (QED) is 0.745. The number of nitrogens with one attached hydrogen (secondary N) is 1. The summed E-state index contributed by atoms with van der Waals surface area (Å²) in [4.78, 5) is 7.44. The molecule has 0 saturated heterocycles. The Morgan fingerprint density at radius 2 is 2.22 bits per heavy atom. The van der Waals surface area contributed by atoms with E-state index < -0.39 is 0 Å². The van der Waals surface area contributed by atoms with Gasteiger partial charge in [0.25, 0.3) is 0 Å². The van der Waals surface area contributed by atoms with Crippen LogP contribution < -0.4 is 0 Å². The van der Waals surface area contributed by atoms with E-state index in [-0.39, 0.29) is 0 Å². The zero-order valence-corrected chi connectivity index (χ0v) is 10.1. The first-order chi connectivity index (χ1) is 8.90. The third-order valence-electron chi connectivity index (χ3n) is 3.70. The summed E-state index contributed by atoms with van der Waals surface area (Å²) in [5.74, 6) is 0.800. The zero-order valence-electron chi connectivity index (χ0n) is 10.1. The molecule has 0 bridgehead atoms. The van der Waals surface area contributed by atoms with Crippen LogP contribution in [-0.2, 0) is 6.54 Å². The van der Waals surface area contributed by atoms with Crippen molar-refractivity contribution in [3.05, 3.63) is 54.1 Å². The minimum Gasteiger partial charge on any atom is -0.347 e. The van der Waals surface area contributed by atoms with Gasteiger partial charge in [0.05, 0.1) is 17.4 Å². The van der Waals surface area contributed by atoms with Crippen molar-refractivity contribution in [3.63, 3.8) is 0 Å². The molecule has 2 aromatic heterocycles. The van der Waals surface area contributed by atoms with Crippen LogP contribution in [0.3, 0.4) is 0 Å². The molecule has 1 saturated carbocycles. The number of imidazole rings is 1. The summed E-state index contributed by atoms with van der Waals surface area (Å²) in [5.41, 5.74) is 4.95. The van der Waals surface area contributed by atoms with Crippen LogP contribution in [0.2, 0.25) is 0 Å². The van der Waals surface area contributed by atoms with Crippen LogP contribution in [0, 0.1) is 0 Å². The molecule has 0 aliphatic heterocycles. The predicted molar refractivity (Wildman–Crippen MR) is 71.6 cm³/mol. The Bertz CT molecular complexity index is 688. The van der Waals surface area contributed by atoms with E-state index >= 15 is 0 Å². The molecule has 4 rings (SSSR count). The second-order valence-electron chi connectivity index (χ2n) is 5.09. The maximum Gasteiger partial charge on any atom is 0.0931 e. The molecule has 1 fully saturated rings. The third kappa shape index (κ3) is 1.63. The summed E-state index contributed by atoms with van der Waals surface area (Å²) >= 11 is 0. The lowest BCUT2D eigenvalue weighted by Gasteiger charge is -2.08.